The van der Waals surface area contributed by atoms with Gasteiger partial charge in [0.05, 0.1) is 0 Å². The van der Waals surface area contributed by atoms with Crippen molar-refractivity contribution in [1.82, 2.24) is 0 Å². The molecule has 0 saturated heterocycles. The zero-order chi connectivity index (χ0) is 13.7. The molecule has 19 heavy (non-hydrogen) atoms. The molecule has 0 heterocycles. The molecule has 1 N–H and O–H groups in total. The van der Waals surface area contributed by atoms with Crippen LogP contribution >= 0.6 is 11.8 Å². The van der Waals surface area contributed by atoms with E-state index in [1.807, 2.05) is 0 Å². The lowest BCUT2D eigenvalue weighted by Gasteiger charge is -2.16. The van der Waals surface area contributed by atoms with Gasteiger partial charge in [0.15, 0.2) is 0 Å². The van der Waals surface area contributed by atoms with Crippen molar-refractivity contribution < 1.29 is 0 Å². The summed E-state index contributed by atoms with van der Waals surface area (Å²) in [6.45, 7) is 4.39. The number of thioether (sulfide) groups is 1. The quantitative estimate of drug-likeness (QED) is 0.755. The van der Waals surface area contributed by atoms with Gasteiger partial charge in [-0.15, -0.1) is 11.8 Å². The van der Waals surface area contributed by atoms with Crippen LogP contribution in [0.3, 0.4) is 0 Å². The van der Waals surface area contributed by atoms with E-state index in [-0.39, 0.29) is 0 Å². The summed E-state index contributed by atoms with van der Waals surface area (Å²) < 4.78 is 0. The van der Waals surface area contributed by atoms with Crippen LogP contribution in [0.5, 0.6) is 0 Å². The van der Waals surface area contributed by atoms with Crippen molar-refractivity contribution >= 4 is 17.4 Å². The average molecular weight is 271 g/mol. The topological polar surface area (TPSA) is 12.0 Å². The van der Waals surface area contributed by atoms with E-state index in [1.54, 1.807) is 11.8 Å². The van der Waals surface area contributed by atoms with Gasteiger partial charge >= 0.3 is 0 Å². The molecule has 0 amide bonds. The summed E-state index contributed by atoms with van der Waals surface area (Å²) in [6.07, 6.45) is 3.18. The highest BCUT2D eigenvalue weighted by atomic mass is 32.2. The first-order chi connectivity index (χ1) is 9.22. The minimum Gasteiger partial charge on any atom is -0.379 e. The molecule has 2 rings (SSSR count). The molecule has 0 bridgehead atoms. The maximum Gasteiger partial charge on any atom is 0.0485 e. The molecule has 0 aliphatic heterocycles. The maximum absolute atomic E-state index is 3.56. The first kappa shape index (κ1) is 14.0. The summed E-state index contributed by atoms with van der Waals surface area (Å²) in [6, 6.07) is 17.7. The largest absolute Gasteiger partial charge is 0.379 e. The SMILES string of the molecule is CCc1cccc(NC(C)c2ccc(SC)cc2)c1. The van der Waals surface area contributed by atoms with Crippen molar-refractivity contribution in [3.05, 3.63) is 59.7 Å². The van der Waals surface area contributed by atoms with E-state index in [2.05, 4.69) is 74.0 Å². The van der Waals surface area contributed by atoms with E-state index in [1.165, 1.54) is 21.7 Å². The van der Waals surface area contributed by atoms with Gasteiger partial charge < -0.3 is 5.32 Å². The number of nitrogens with one attached hydrogen (secondary N) is 1. The fraction of sp³-hybridized carbons (Fsp3) is 0.294. The lowest BCUT2D eigenvalue weighted by Crippen LogP contribution is -2.06. The standard InChI is InChI=1S/C17H21NS/c1-4-14-6-5-7-16(12-14)18-13(2)15-8-10-17(19-3)11-9-15/h5-13,18H,4H2,1-3H3. The summed E-state index contributed by atoms with van der Waals surface area (Å²) in [7, 11) is 0. The smallest absolute Gasteiger partial charge is 0.0485 e. The molecule has 0 aliphatic carbocycles. The highest BCUT2D eigenvalue weighted by molar-refractivity contribution is 7.98. The van der Waals surface area contributed by atoms with E-state index in [0.717, 1.165) is 6.42 Å². The molecule has 2 heteroatoms. The van der Waals surface area contributed by atoms with E-state index < -0.39 is 0 Å². The zero-order valence-corrected chi connectivity index (χ0v) is 12.6. The van der Waals surface area contributed by atoms with Gasteiger partial charge in [0, 0.05) is 16.6 Å². The fourth-order valence-electron chi connectivity index (χ4n) is 2.11. The first-order valence-corrected chi connectivity index (χ1v) is 7.95. The van der Waals surface area contributed by atoms with E-state index in [0.29, 0.717) is 6.04 Å². The Kier molecular flexibility index (Phi) is 4.92. The molecule has 0 saturated carbocycles. The monoisotopic (exact) mass is 271 g/mol. The van der Waals surface area contributed by atoms with Crippen molar-refractivity contribution in [2.75, 3.05) is 11.6 Å². The summed E-state index contributed by atoms with van der Waals surface area (Å²) in [5.41, 5.74) is 3.88. The van der Waals surface area contributed by atoms with Gasteiger partial charge in [-0.25, -0.2) is 0 Å². The summed E-state index contributed by atoms with van der Waals surface area (Å²) in [5.74, 6) is 0. The third kappa shape index (κ3) is 3.77. The van der Waals surface area contributed by atoms with Crippen LogP contribution in [0.4, 0.5) is 5.69 Å². The van der Waals surface area contributed by atoms with Gasteiger partial charge in [-0.3, -0.25) is 0 Å². The Morgan fingerprint density at radius 3 is 2.47 bits per heavy atom. The van der Waals surface area contributed by atoms with Gasteiger partial charge in [0.2, 0.25) is 0 Å². The number of benzene rings is 2. The van der Waals surface area contributed by atoms with Crippen LogP contribution in [0.2, 0.25) is 0 Å². The Bertz CT molecular complexity index is 519. The van der Waals surface area contributed by atoms with Gasteiger partial charge in [0.25, 0.3) is 0 Å². The van der Waals surface area contributed by atoms with Gasteiger partial charge in [-0.2, -0.15) is 0 Å². The molecular weight excluding hydrogens is 250 g/mol. The summed E-state index contributed by atoms with van der Waals surface area (Å²) in [5, 5.41) is 3.56. The molecule has 1 atom stereocenters. The van der Waals surface area contributed by atoms with Crippen LogP contribution in [0.1, 0.15) is 31.0 Å². The first-order valence-electron chi connectivity index (χ1n) is 6.72. The molecule has 0 aliphatic rings. The van der Waals surface area contributed by atoms with Crippen LogP contribution in [-0.4, -0.2) is 6.26 Å². The van der Waals surface area contributed by atoms with Crippen LogP contribution in [0, 0.1) is 0 Å². The lowest BCUT2D eigenvalue weighted by molar-refractivity contribution is 0.882. The molecule has 0 fully saturated rings. The zero-order valence-electron chi connectivity index (χ0n) is 11.8. The fourth-order valence-corrected chi connectivity index (χ4v) is 2.52. The number of aryl methyl sites for hydroxylation is 1. The molecule has 1 nitrogen and oxygen atoms in total. The third-order valence-corrected chi connectivity index (χ3v) is 4.08. The number of anilines is 1. The summed E-state index contributed by atoms with van der Waals surface area (Å²) >= 11 is 1.78. The number of hydrogen-bond acceptors (Lipinski definition) is 2. The van der Waals surface area contributed by atoms with Crippen LogP contribution in [0.25, 0.3) is 0 Å². The Morgan fingerprint density at radius 2 is 1.84 bits per heavy atom. The number of hydrogen-bond donors (Lipinski definition) is 1. The van der Waals surface area contributed by atoms with Crippen molar-refractivity contribution in [3.8, 4) is 0 Å². The number of rotatable bonds is 5. The van der Waals surface area contributed by atoms with Crippen LogP contribution in [0.15, 0.2) is 53.4 Å². The Balaban J connectivity index is 2.08. The molecule has 100 valence electrons. The van der Waals surface area contributed by atoms with Gasteiger partial charge in [0.1, 0.15) is 0 Å². The van der Waals surface area contributed by atoms with Gasteiger partial charge in [-0.05, 0) is 55.0 Å². The summed E-state index contributed by atoms with van der Waals surface area (Å²) in [4.78, 5) is 1.31. The highest BCUT2D eigenvalue weighted by Crippen LogP contribution is 2.22. The molecule has 2 aromatic rings. The van der Waals surface area contributed by atoms with Gasteiger partial charge in [-0.1, -0.05) is 31.2 Å². The Morgan fingerprint density at radius 1 is 1.11 bits per heavy atom. The van der Waals surface area contributed by atoms with Crippen molar-refractivity contribution in [2.24, 2.45) is 0 Å². The lowest BCUT2D eigenvalue weighted by atomic mass is 10.1. The second-order valence-corrected chi connectivity index (χ2v) is 5.57. The molecule has 0 spiro atoms. The molecule has 0 aromatic heterocycles. The highest BCUT2D eigenvalue weighted by Gasteiger charge is 2.05. The second-order valence-electron chi connectivity index (χ2n) is 4.69. The third-order valence-electron chi connectivity index (χ3n) is 3.33. The second kappa shape index (κ2) is 6.67. The Hall–Kier alpha value is -1.41. The molecule has 1 unspecified atom stereocenters. The van der Waals surface area contributed by atoms with Crippen molar-refractivity contribution in [3.63, 3.8) is 0 Å². The molecular formula is C17H21NS. The predicted octanol–water partition coefficient (Wildman–Crippen LogP) is 5.14. The van der Waals surface area contributed by atoms with Crippen LogP contribution < -0.4 is 5.32 Å². The van der Waals surface area contributed by atoms with E-state index in [4.69, 9.17) is 0 Å². The minimum atomic E-state index is 0.322. The maximum atomic E-state index is 3.56. The van der Waals surface area contributed by atoms with Crippen LogP contribution in [-0.2, 0) is 6.42 Å². The molecule has 0 radical (unpaired) electrons. The average Bonchev–Trinajstić information content (AvgIpc) is 2.47. The van der Waals surface area contributed by atoms with Crippen molar-refractivity contribution in [1.29, 1.82) is 0 Å². The van der Waals surface area contributed by atoms with E-state index >= 15 is 0 Å². The van der Waals surface area contributed by atoms with E-state index in [9.17, 15) is 0 Å². The minimum absolute atomic E-state index is 0.322. The normalized spacial score (nSPS) is 12.2. The Labute approximate surface area is 120 Å². The molecule has 2 aromatic carbocycles. The van der Waals surface area contributed by atoms with Crippen molar-refractivity contribution in [2.45, 2.75) is 31.2 Å². The predicted molar refractivity (Wildman–Crippen MR) is 86.1 cm³/mol.